The number of carbonyl (C=O) groups excluding carboxylic acids is 1. The maximum Gasteiger partial charge on any atom is 0.305 e. The second-order valence-corrected chi connectivity index (χ2v) is 7.76. The van der Waals surface area contributed by atoms with E-state index in [1.165, 1.54) is 4.90 Å². The third kappa shape index (κ3) is 5.21. The number of carboxylic acids is 1. The number of rotatable bonds is 6. The number of thioether (sulfide) groups is 2. The molecule has 1 aliphatic rings. The van der Waals surface area contributed by atoms with Crippen LogP contribution in [0.5, 0.6) is 0 Å². The molecule has 2 aromatic rings. The molecule has 2 aromatic carbocycles. The molecule has 0 aromatic heterocycles. The molecule has 138 valence electrons. The summed E-state index contributed by atoms with van der Waals surface area (Å²) in [5, 5.41) is 18.9. The third-order valence-corrected chi connectivity index (χ3v) is 5.64. The second-order valence-electron chi connectivity index (χ2n) is 5.69. The van der Waals surface area contributed by atoms with Gasteiger partial charge in [-0.05, 0) is 35.1 Å². The Kier molecular flexibility index (Phi) is 6.31. The van der Waals surface area contributed by atoms with E-state index in [9.17, 15) is 9.59 Å². The maximum atomic E-state index is 11.6. The summed E-state index contributed by atoms with van der Waals surface area (Å²) in [6.07, 6.45) is 3.40. The molecule has 1 atom stereocenters. The first-order valence-electron chi connectivity index (χ1n) is 8.10. The fraction of sp³-hybridized carbons (Fsp3) is 0.158. The Balaban J connectivity index is 1.62. The molecule has 6 nitrogen and oxygen atoms in total. The zero-order valence-corrected chi connectivity index (χ0v) is 16.1. The minimum atomic E-state index is -1.02. The summed E-state index contributed by atoms with van der Waals surface area (Å²) in [6.45, 7) is 0. The molecule has 0 saturated carbocycles. The number of carboxylic acid groups (broad SMARTS) is 1. The van der Waals surface area contributed by atoms with E-state index in [4.69, 9.17) is 5.11 Å². The summed E-state index contributed by atoms with van der Waals surface area (Å²) < 4.78 is 0. The highest BCUT2D eigenvalue weighted by molar-refractivity contribution is 8.15. The number of nitrogens with zero attached hydrogens (tertiary/aromatic N) is 2. The van der Waals surface area contributed by atoms with Gasteiger partial charge in [-0.3, -0.25) is 9.59 Å². The van der Waals surface area contributed by atoms with Crippen LogP contribution in [0.25, 0.3) is 11.1 Å². The summed E-state index contributed by atoms with van der Waals surface area (Å²) in [4.78, 5) is 23.6. The van der Waals surface area contributed by atoms with Gasteiger partial charge in [-0.25, -0.2) is 0 Å². The normalized spacial score (nSPS) is 18.2. The number of amidine groups is 1. The predicted molar refractivity (Wildman–Crippen MR) is 110 cm³/mol. The van der Waals surface area contributed by atoms with Crippen molar-refractivity contribution in [2.24, 2.45) is 10.2 Å². The van der Waals surface area contributed by atoms with Crippen molar-refractivity contribution in [2.45, 2.75) is 16.6 Å². The Morgan fingerprint density at radius 3 is 2.41 bits per heavy atom. The van der Waals surface area contributed by atoms with E-state index < -0.39 is 11.2 Å². The largest absolute Gasteiger partial charge is 0.481 e. The van der Waals surface area contributed by atoms with Gasteiger partial charge in [-0.2, -0.15) is 5.10 Å². The van der Waals surface area contributed by atoms with Crippen LogP contribution in [0.2, 0.25) is 0 Å². The number of hydrogen-bond acceptors (Lipinski definition) is 6. The maximum absolute atomic E-state index is 11.6. The lowest BCUT2D eigenvalue weighted by Crippen LogP contribution is -2.26. The highest BCUT2D eigenvalue weighted by Crippen LogP contribution is 2.24. The summed E-state index contributed by atoms with van der Waals surface area (Å²) in [6, 6.07) is 16.3. The number of benzene rings is 2. The van der Waals surface area contributed by atoms with Gasteiger partial charge in [-0.15, -0.1) is 16.9 Å². The van der Waals surface area contributed by atoms with Crippen LogP contribution in [0.4, 0.5) is 0 Å². The van der Waals surface area contributed by atoms with Gasteiger partial charge < -0.3 is 10.4 Å². The molecule has 27 heavy (non-hydrogen) atoms. The lowest BCUT2D eigenvalue weighted by molar-refractivity contribution is -0.138. The van der Waals surface area contributed by atoms with Crippen LogP contribution < -0.4 is 5.32 Å². The van der Waals surface area contributed by atoms with E-state index in [2.05, 4.69) is 39.8 Å². The van der Waals surface area contributed by atoms with E-state index in [1.807, 2.05) is 30.5 Å². The molecular weight excluding hydrogens is 382 g/mol. The molecule has 1 unspecified atom stereocenters. The van der Waals surface area contributed by atoms with Gasteiger partial charge in [0.1, 0.15) is 5.25 Å². The van der Waals surface area contributed by atoms with Crippen LogP contribution in [-0.4, -0.2) is 39.9 Å². The van der Waals surface area contributed by atoms with Gasteiger partial charge in [0.2, 0.25) is 5.91 Å². The monoisotopic (exact) mass is 399 g/mol. The molecule has 2 N–H and O–H groups in total. The smallest absolute Gasteiger partial charge is 0.305 e. The molecule has 1 amide bonds. The minimum Gasteiger partial charge on any atom is -0.481 e. The van der Waals surface area contributed by atoms with Gasteiger partial charge in [0.05, 0.1) is 12.6 Å². The average molecular weight is 399 g/mol. The van der Waals surface area contributed by atoms with Crippen LogP contribution in [0.1, 0.15) is 12.0 Å². The zero-order valence-electron chi connectivity index (χ0n) is 14.5. The number of amides is 1. The zero-order chi connectivity index (χ0) is 19.2. The lowest BCUT2D eigenvalue weighted by Gasteiger charge is -2.03. The molecule has 1 saturated heterocycles. The predicted octanol–water partition coefficient (Wildman–Crippen LogP) is 3.47. The van der Waals surface area contributed by atoms with Crippen LogP contribution >= 0.6 is 23.5 Å². The lowest BCUT2D eigenvalue weighted by atomic mass is 10.0. The average Bonchev–Trinajstić information content (AvgIpc) is 3.01. The number of carbonyl (C=O) groups is 2. The van der Waals surface area contributed by atoms with E-state index in [0.717, 1.165) is 28.5 Å². The Morgan fingerprint density at radius 2 is 1.81 bits per heavy atom. The van der Waals surface area contributed by atoms with Crippen molar-refractivity contribution < 1.29 is 14.7 Å². The first kappa shape index (κ1) is 19.2. The first-order chi connectivity index (χ1) is 13.0. The van der Waals surface area contributed by atoms with Crippen molar-refractivity contribution in [3.05, 3.63) is 54.1 Å². The van der Waals surface area contributed by atoms with Crippen molar-refractivity contribution in [2.75, 3.05) is 6.26 Å². The van der Waals surface area contributed by atoms with E-state index in [0.29, 0.717) is 5.17 Å². The Labute approximate surface area is 165 Å². The van der Waals surface area contributed by atoms with Gasteiger partial charge in [0.15, 0.2) is 5.17 Å². The number of nitrogens with one attached hydrogen (secondary N) is 1. The minimum absolute atomic E-state index is 0.237. The van der Waals surface area contributed by atoms with Crippen molar-refractivity contribution in [3.8, 4) is 11.1 Å². The summed E-state index contributed by atoms with van der Waals surface area (Å²) in [5.41, 5.74) is 3.13. The van der Waals surface area contributed by atoms with Gasteiger partial charge in [-0.1, -0.05) is 48.2 Å². The molecule has 0 spiro atoms. The molecule has 0 aliphatic carbocycles. The van der Waals surface area contributed by atoms with Crippen molar-refractivity contribution in [1.29, 1.82) is 0 Å². The second kappa shape index (κ2) is 8.88. The van der Waals surface area contributed by atoms with Gasteiger partial charge in [0.25, 0.3) is 0 Å². The first-order valence-corrected chi connectivity index (χ1v) is 10.2. The number of aliphatic carboxylic acids is 1. The highest BCUT2D eigenvalue weighted by Gasteiger charge is 2.32. The highest BCUT2D eigenvalue weighted by atomic mass is 32.2. The number of hydrogen-bond donors (Lipinski definition) is 2. The SMILES string of the molecule is CSc1ccc(-c2ccc(C=NN=C3NC(=O)C(CC(=O)O)S3)cc2)cc1. The fourth-order valence-electron chi connectivity index (χ4n) is 2.44. The Hall–Kier alpha value is -2.58. The summed E-state index contributed by atoms with van der Waals surface area (Å²) in [7, 11) is 0. The Bertz CT molecular complexity index is 893. The molecule has 0 bridgehead atoms. The van der Waals surface area contributed by atoms with E-state index in [1.54, 1.807) is 18.0 Å². The molecule has 8 heteroatoms. The van der Waals surface area contributed by atoms with E-state index in [-0.39, 0.29) is 12.3 Å². The topological polar surface area (TPSA) is 91.1 Å². The van der Waals surface area contributed by atoms with Crippen LogP contribution in [0.15, 0.2) is 63.6 Å². The van der Waals surface area contributed by atoms with Crippen molar-refractivity contribution in [1.82, 2.24) is 5.32 Å². The molecule has 1 fully saturated rings. The summed E-state index contributed by atoms with van der Waals surface area (Å²) >= 11 is 2.79. The molecule has 3 rings (SSSR count). The van der Waals surface area contributed by atoms with Crippen LogP contribution in [-0.2, 0) is 9.59 Å². The van der Waals surface area contributed by atoms with Gasteiger partial charge >= 0.3 is 5.97 Å². The molecule has 0 radical (unpaired) electrons. The fourth-order valence-corrected chi connectivity index (χ4v) is 3.76. The summed E-state index contributed by atoms with van der Waals surface area (Å²) in [5.74, 6) is -1.37. The van der Waals surface area contributed by atoms with Crippen molar-refractivity contribution in [3.63, 3.8) is 0 Å². The quantitative estimate of drug-likeness (QED) is 0.441. The molecule has 1 aliphatic heterocycles. The van der Waals surface area contributed by atoms with Crippen LogP contribution in [0, 0.1) is 0 Å². The van der Waals surface area contributed by atoms with E-state index >= 15 is 0 Å². The molecule has 1 heterocycles. The van der Waals surface area contributed by atoms with Gasteiger partial charge in [0, 0.05) is 4.90 Å². The standard InChI is InChI=1S/C19H17N3O3S2/c1-26-15-8-6-14(7-9-15)13-4-2-12(3-5-13)11-20-22-19-21-18(25)16(27-19)10-17(23)24/h2-9,11,16H,10H2,1H3,(H,23,24)(H,21,22,25). The van der Waals surface area contributed by atoms with Crippen LogP contribution in [0.3, 0.4) is 0 Å². The Morgan fingerprint density at radius 1 is 1.19 bits per heavy atom. The van der Waals surface area contributed by atoms with Crippen molar-refractivity contribution >= 4 is 46.8 Å². The third-order valence-electron chi connectivity index (χ3n) is 3.83. The molecular formula is C19H17N3O3S2.